The van der Waals surface area contributed by atoms with Crippen molar-refractivity contribution in [3.05, 3.63) is 35.4 Å². The summed E-state index contributed by atoms with van der Waals surface area (Å²) in [6, 6.07) is 7.72. The molecule has 1 rings (SSSR count). The Labute approximate surface area is 105 Å². The molecule has 16 heavy (non-hydrogen) atoms. The Hall–Kier alpha value is -1.07. The second-order valence-electron chi connectivity index (χ2n) is 3.19. The van der Waals surface area contributed by atoms with E-state index in [2.05, 4.69) is 5.32 Å². The summed E-state index contributed by atoms with van der Waals surface area (Å²) in [6.45, 7) is 0. The average molecular weight is 254 g/mol. The van der Waals surface area contributed by atoms with Crippen molar-refractivity contribution in [2.24, 2.45) is 5.73 Å². The molecule has 0 saturated carbocycles. The molecule has 1 aromatic rings. The van der Waals surface area contributed by atoms with Crippen LogP contribution in [-0.2, 0) is 10.5 Å². The maximum absolute atomic E-state index is 11.0. The summed E-state index contributed by atoms with van der Waals surface area (Å²) in [5.74, 6) is 1.21. The molecule has 0 spiro atoms. The van der Waals surface area contributed by atoms with Gasteiger partial charge in [0.05, 0.1) is 5.75 Å². The van der Waals surface area contributed by atoms with Gasteiger partial charge in [-0.15, -0.1) is 11.8 Å². The smallest absolute Gasteiger partial charge is 0.229 e. The predicted molar refractivity (Wildman–Crippen MR) is 72.6 cm³/mol. The molecule has 5 heteroatoms. The van der Waals surface area contributed by atoms with Crippen LogP contribution in [0.2, 0.25) is 0 Å². The Morgan fingerprint density at radius 1 is 1.50 bits per heavy atom. The minimum atomic E-state index is 0.0257. The highest BCUT2D eigenvalue weighted by Crippen LogP contribution is 2.16. The van der Waals surface area contributed by atoms with Crippen LogP contribution in [0.4, 0.5) is 0 Å². The van der Waals surface area contributed by atoms with Crippen molar-refractivity contribution in [3.63, 3.8) is 0 Å². The lowest BCUT2D eigenvalue weighted by molar-refractivity contribution is -0.118. The first kappa shape index (κ1) is 13.0. The highest BCUT2D eigenvalue weighted by Gasteiger charge is 2.05. The van der Waals surface area contributed by atoms with Crippen LogP contribution in [0.1, 0.15) is 11.1 Å². The molecule has 0 saturated heterocycles. The third-order valence-electron chi connectivity index (χ3n) is 2.05. The molecule has 3 N–H and O–H groups in total. The third-order valence-corrected chi connectivity index (χ3v) is 3.25. The number of carbonyl (C=O) groups excluding carboxylic acids is 1. The van der Waals surface area contributed by atoms with Crippen LogP contribution < -0.4 is 11.1 Å². The molecule has 3 nitrogen and oxygen atoms in total. The van der Waals surface area contributed by atoms with Gasteiger partial charge in [-0.2, -0.15) is 0 Å². The number of thioether (sulfide) groups is 1. The minimum absolute atomic E-state index is 0.0257. The monoisotopic (exact) mass is 254 g/mol. The SMILES string of the molecule is CNC(=O)CSCc1ccccc1C(N)=S. The lowest BCUT2D eigenvalue weighted by Crippen LogP contribution is -2.20. The largest absolute Gasteiger partial charge is 0.389 e. The fourth-order valence-corrected chi connectivity index (χ4v) is 2.31. The van der Waals surface area contributed by atoms with E-state index in [1.807, 2.05) is 24.3 Å². The number of rotatable bonds is 5. The van der Waals surface area contributed by atoms with Crippen LogP contribution in [0, 0.1) is 0 Å². The van der Waals surface area contributed by atoms with Gasteiger partial charge in [0.2, 0.25) is 5.91 Å². The van der Waals surface area contributed by atoms with Crippen LogP contribution in [-0.4, -0.2) is 23.7 Å². The maximum Gasteiger partial charge on any atom is 0.229 e. The van der Waals surface area contributed by atoms with E-state index < -0.39 is 0 Å². The lowest BCUT2D eigenvalue weighted by atomic mass is 10.1. The van der Waals surface area contributed by atoms with Crippen molar-refractivity contribution in [2.75, 3.05) is 12.8 Å². The maximum atomic E-state index is 11.0. The molecule has 0 radical (unpaired) electrons. The first-order valence-electron chi connectivity index (χ1n) is 4.81. The van der Waals surface area contributed by atoms with Crippen LogP contribution >= 0.6 is 24.0 Å². The minimum Gasteiger partial charge on any atom is -0.389 e. The first-order valence-corrected chi connectivity index (χ1v) is 6.37. The summed E-state index contributed by atoms with van der Waals surface area (Å²) in [7, 11) is 1.63. The van der Waals surface area contributed by atoms with Crippen LogP contribution in [0.25, 0.3) is 0 Å². The Kier molecular flexibility index (Phi) is 5.28. The van der Waals surface area contributed by atoms with Gasteiger partial charge >= 0.3 is 0 Å². The van der Waals surface area contributed by atoms with Gasteiger partial charge in [0.15, 0.2) is 0 Å². The van der Waals surface area contributed by atoms with Crippen LogP contribution in [0.15, 0.2) is 24.3 Å². The Morgan fingerprint density at radius 3 is 2.81 bits per heavy atom. The number of hydrogen-bond donors (Lipinski definition) is 2. The van der Waals surface area contributed by atoms with Gasteiger partial charge in [0.25, 0.3) is 0 Å². The molecule has 0 aromatic heterocycles. The highest BCUT2D eigenvalue weighted by atomic mass is 32.2. The van der Waals surface area contributed by atoms with E-state index in [0.29, 0.717) is 10.7 Å². The van der Waals surface area contributed by atoms with Crippen molar-refractivity contribution < 1.29 is 4.79 Å². The second-order valence-corrected chi connectivity index (χ2v) is 4.61. The Bertz CT molecular complexity index is 393. The molecule has 0 aliphatic heterocycles. The van der Waals surface area contributed by atoms with E-state index >= 15 is 0 Å². The summed E-state index contributed by atoms with van der Waals surface area (Å²) < 4.78 is 0. The molecule has 0 heterocycles. The topological polar surface area (TPSA) is 55.1 Å². The van der Waals surface area contributed by atoms with E-state index in [-0.39, 0.29) is 5.91 Å². The molecule has 0 unspecified atom stereocenters. The molecular weight excluding hydrogens is 240 g/mol. The van der Waals surface area contributed by atoms with Crippen molar-refractivity contribution in [3.8, 4) is 0 Å². The van der Waals surface area contributed by atoms with E-state index in [1.54, 1.807) is 18.8 Å². The Balaban J connectivity index is 2.60. The summed E-state index contributed by atoms with van der Waals surface area (Å²) in [4.78, 5) is 11.4. The second kappa shape index (κ2) is 6.50. The molecular formula is C11H14N2OS2. The van der Waals surface area contributed by atoms with E-state index in [4.69, 9.17) is 18.0 Å². The summed E-state index contributed by atoms with van der Waals surface area (Å²) in [5, 5.41) is 2.58. The zero-order valence-electron chi connectivity index (χ0n) is 9.03. The first-order chi connectivity index (χ1) is 7.65. The molecule has 86 valence electrons. The quantitative estimate of drug-likeness (QED) is 0.778. The fraction of sp³-hybridized carbons (Fsp3) is 0.273. The zero-order valence-corrected chi connectivity index (χ0v) is 10.7. The number of carbonyl (C=O) groups is 1. The van der Waals surface area contributed by atoms with E-state index in [9.17, 15) is 4.79 Å². The Morgan fingerprint density at radius 2 is 2.19 bits per heavy atom. The standard InChI is InChI=1S/C11H14N2OS2/c1-13-10(14)7-16-6-8-4-2-3-5-9(8)11(12)15/h2-5H,6-7H2,1H3,(H2,12,15)(H,13,14). The third kappa shape index (κ3) is 3.83. The molecule has 0 atom stereocenters. The normalized spacial score (nSPS) is 9.81. The number of thiocarbonyl (C=S) groups is 1. The van der Waals surface area contributed by atoms with Crippen LogP contribution in [0.5, 0.6) is 0 Å². The fourth-order valence-electron chi connectivity index (χ4n) is 1.21. The number of nitrogens with two attached hydrogens (primary N) is 1. The molecule has 0 aliphatic carbocycles. The van der Waals surface area contributed by atoms with Gasteiger partial charge in [-0.25, -0.2) is 0 Å². The highest BCUT2D eigenvalue weighted by molar-refractivity contribution is 7.99. The lowest BCUT2D eigenvalue weighted by Gasteiger charge is -2.07. The van der Waals surface area contributed by atoms with Crippen molar-refractivity contribution in [1.29, 1.82) is 0 Å². The number of hydrogen-bond acceptors (Lipinski definition) is 3. The van der Waals surface area contributed by atoms with Crippen molar-refractivity contribution >= 4 is 34.9 Å². The van der Waals surface area contributed by atoms with E-state index in [0.717, 1.165) is 16.9 Å². The molecule has 0 fully saturated rings. The summed E-state index contributed by atoms with van der Waals surface area (Å²) in [6.07, 6.45) is 0. The zero-order chi connectivity index (χ0) is 12.0. The number of nitrogens with one attached hydrogen (secondary N) is 1. The van der Waals surface area contributed by atoms with Crippen molar-refractivity contribution in [1.82, 2.24) is 5.32 Å². The number of benzene rings is 1. The average Bonchev–Trinajstić information content (AvgIpc) is 2.29. The van der Waals surface area contributed by atoms with E-state index in [1.165, 1.54) is 0 Å². The van der Waals surface area contributed by atoms with Gasteiger partial charge in [0.1, 0.15) is 4.99 Å². The van der Waals surface area contributed by atoms with Gasteiger partial charge < -0.3 is 11.1 Å². The molecule has 1 amide bonds. The summed E-state index contributed by atoms with van der Waals surface area (Å²) in [5.41, 5.74) is 7.58. The number of amides is 1. The molecule has 0 aliphatic rings. The predicted octanol–water partition coefficient (Wildman–Crippen LogP) is 1.30. The van der Waals surface area contributed by atoms with Gasteiger partial charge in [-0.1, -0.05) is 36.5 Å². The van der Waals surface area contributed by atoms with Crippen LogP contribution in [0.3, 0.4) is 0 Å². The van der Waals surface area contributed by atoms with Gasteiger partial charge in [-0.3, -0.25) is 4.79 Å². The van der Waals surface area contributed by atoms with Crippen molar-refractivity contribution in [2.45, 2.75) is 5.75 Å². The molecule has 1 aromatic carbocycles. The summed E-state index contributed by atoms with van der Waals surface area (Å²) >= 11 is 6.51. The molecule has 0 bridgehead atoms. The van der Waals surface area contributed by atoms with Gasteiger partial charge in [0, 0.05) is 18.4 Å². The van der Waals surface area contributed by atoms with Gasteiger partial charge in [-0.05, 0) is 5.56 Å².